The van der Waals surface area contributed by atoms with Crippen LogP contribution in [0, 0.1) is 19.7 Å². The highest BCUT2D eigenvalue weighted by molar-refractivity contribution is 6.31. The number of carbonyl (C=O) groups excluding carboxylic acids is 1. The molecule has 6 heteroatoms. The summed E-state index contributed by atoms with van der Waals surface area (Å²) in [4.78, 5) is 20.1. The van der Waals surface area contributed by atoms with Gasteiger partial charge in [0.1, 0.15) is 5.82 Å². The van der Waals surface area contributed by atoms with Crippen LogP contribution in [0.2, 0.25) is 5.02 Å². The van der Waals surface area contributed by atoms with E-state index in [0.717, 1.165) is 11.4 Å². The summed E-state index contributed by atoms with van der Waals surface area (Å²) in [5.74, 6) is -0.712. The zero-order chi connectivity index (χ0) is 14.7. The maximum absolute atomic E-state index is 13.6. The van der Waals surface area contributed by atoms with Crippen molar-refractivity contribution in [2.75, 3.05) is 5.32 Å². The van der Waals surface area contributed by atoms with Crippen LogP contribution < -0.4 is 5.32 Å². The molecule has 1 aromatic heterocycles. The first-order valence-corrected chi connectivity index (χ1v) is 6.38. The minimum atomic E-state index is -0.506. The Morgan fingerprint density at radius 2 is 1.95 bits per heavy atom. The Balaban J connectivity index is 2.13. The summed E-state index contributed by atoms with van der Waals surface area (Å²) in [6.07, 6.45) is -0.165. The van der Waals surface area contributed by atoms with Crippen LogP contribution in [0.3, 0.4) is 0 Å². The predicted molar refractivity (Wildman–Crippen MR) is 75.2 cm³/mol. The van der Waals surface area contributed by atoms with Crippen molar-refractivity contribution in [2.24, 2.45) is 0 Å². The van der Waals surface area contributed by atoms with Gasteiger partial charge in [0.05, 0.1) is 6.42 Å². The monoisotopic (exact) mass is 293 g/mol. The van der Waals surface area contributed by atoms with E-state index in [-0.39, 0.29) is 23.0 Å². The van der Waals surface area contributed by atoms with Gasteiger partial charge in [0, 0.05) is 22.0 Å². The van der Waals surface area contributed by atoms with Gasteiger partial charge in [-0.2, -0.15) is 0 Å². The first-order valence-electron chi connectivity index (χ1n) is 6.00. The van der Waals surface area contributed by atoms with Crippen LogP contribution in [-0.2, 0) is 11.2 Å². The molecule has 0 radical (unpaired) electrons. The van der Waals surface area contributed by atoms with Gasteiger partial charge in [-0.15, -0.1) is 0 Å². The summed E-state index contributed by atoms with van der Waals surface area (Å²) in [6, 6.07) is 6.10. The van der Waals surface area contributed by atoms with Crippen LogP contribution in [0.1, 0.15) is 17.0 Å². The number of nitrogens with zero attached hydrogens (tertiary/aromatic N) is 2. The van der Waals surface area contributed by atoms with E-state index < -0.39 is 11.7 Å². The quantitative estimate of drug-likeness (QED) is 0.946. The van der Waals surface area contributed by atoms with Gasteiger partial charge < -0.3 is 0 Å². The van der Waals surface area contributed by atoms with E-state index >= 15 is 0 Å². The summed E-state index contributed by atoms with van der Waals surface area (Å²) < 4.78 is 13.6. The van der Waals surface area contributed by atoms with Crippen molar-refractivity contribution in [2.45, 2.75) is 20.3 Å². The summed E-state index contributed by atoms with van der Waals surface area (Å²) in [7, 11) is 0. The van der Waals surface area contributed by atoms with Gasteiger partial charge in [0.2, 0.25) is 11.9 Å². The fraction of sp³-hybridized carbons (Fsp3) is 0.214. The Morgan fingerprint density at radius 1 is 1.30 bits per heavy atom. The fourth-order valence-electron chi connectivity index (χ4n) is 1.81. The van der Waals surface area contributed by atoms with E-state index in [1.807, 2.05) is 0 Å². The molecule has 4 nitrogen and oxygen atoms in total. The molecule has 2 aromatic rings. The molecule has 1 amide bonds. The Kier molecular flexibility index (Phi) is 4.29. The lowest BCUT2D eigenvalue weighted by molar-refractivity contribution is -0.115. The van der Waals surface area contributed by atoms with Gasteiger partial charge in [-0.05, 0) is 32.0 Å². The number of amides is 1. The minimum Gasteiger partial charge on any atom is -0.294 e. The number of carbonyl (C=O) groups is 1. The van der Waals surface area contributed by atoms with Crippen LogP contribution in [0.15, 0.2) is 24.3 Å². The van der Waals surface area contributed by atoms with Gasteiger partial charge >= 0.3 is 0 Å². The molecular formula is C14H13ClFN3O. The Bertz CT molecular complexity index is 620. The topological polar surface area (TPSA) is 54.9 Å². The third-order valence-corrected chi connectivity index (χ3v) is 2.99. The summed E-state index contributed by atoms with van der Waals surface area (Å²) in [6.45, 7) is 3.61. The van der Waals surface area contributed by atoms with Crippen LogP contribution in [0.4, 0.5) is 10.3 Å². The first-order chi connectivity index (χ1) is 9.45. The molecule has 0 saturated carbocycles. The number of anilines is 1. The largest absolute Gasteiger partial charge is 0.294 e. The van der Waals surface area contributed by atoms with Crippen LogP contribution in [0.5, 0.6) is 0 Å². The summed E-state index contributed by atoms with van der Waals surface area (Å²) in [5, 5.41) is 2.76. The molecular weight excluding hydrogens is 281 g/mol. The Labute approximate surface area is 121 Å². The molecule has 104 valence electrons. The van der Waals surface area contributed by atoms with Gasteiger partial charge in [0.15, 0.2) is 0 Å². The molecule has 0 bridgehead atoms. The lowest BCUT2D eigenvalue weighted by Gasteiger charge is -2.07. The third kappa shape index (κ3) is 3.51. The van der Waals surface area contributed by atoms with Gasteiger partial charge in [-0.3, -0.25) is 10.1 Å². The number of hydrogen-bond acceptors (Lipinski definition) is 3. The number of aryl methyl sites for hydroxylation is 2. The zero-order valence-corrected chi connectivity index (χ0v) is 11.8. The molecule has 1 aromatic carbocycles. The average molecular weight is 294 g/mol. The minimum absolute atomic E-state index is 0.163. The molecule has 0 aliphatic carbocycles. The van der Waals surface area contributed by atoms with E-state index in [1.54, 1.807) is 26.0 Å². The molecule has 0 spiro atoms. The van der Waals surface area contributed by atoms with Crippen molar-refractivity contribution in [1.82, 2.24) is 9.97 Å². The Hall–Kier alpha value is -2.01. The highest BCUT2D eigenvalue weighted by Gasteiger charge is 2.13. The number of benzene rings is 1. The standard InChI is InChI=1S/C14H13ClFN3O/c1-8-6-9(2)18-14(17-8)19-13(20)7-10-11(15)4-3-5-12(10)16/h3-6H,7H2,1-2H3,(H,17,18,19,20). The van der Waals surface area contributed by atoms with Crippen molar-refractivity contribution in [3.63, 3.8) is 0 Å². The highest BCUT2D eigenvalue weighted by atomic mass is 35.5. The zero-order valence-electron chi connectivity index (χ0n) is 11.1. The molecule has 0 aliphatic heterocycles. The third-order valence-electron chi connectivity index (χ3n) is 2.63. The molecule has 0 aliphatic rings. The van der Waals surface area contributed by atoms with Gasteiger partial charge in [0.25, 0.3) is 0 Å². The van der Waals surface area contributed by atoms with Crippen molar-refractivity contribution in [1.29, 1.82) is 0 Å². The van der Waals surface area contributed by atoms with Crippen molar-refractivity contribution < 1.29 is 9.18 Å². The molecule has 0 saturated heterocycles. The summed E-state index contributed by atoms with van der Waals surface area (Å²) in [5.41, 5.74) is 1.66. The second-order valence-corrected chi connectivity index (χ2v) is 4.81. The Morgan fingerprint density at radius 3 is 2.55 bits per heavy atom. The first kappa shape index (κ1) is 14.4. The lowest BCUT2D eigenvalue weighted by atomic mass is 10.1. The number of hydrogen-bond donors (Lipinski definition) is 1. The van der Waals surface area contributed by atoms with Gasteiger partial charge in [-0.1, -0.05) is 17.7 Å². The number of rotatable bonds is 3. The molecule has 0 fully saturated rings. The highest BCUT2D eigenvalue weighted by Crippen LogP contribution is 2.19. The molecule has 1 heterocycles. The van der Waals surface area contributed by atoms with Crippen LogP contribution >= 0.6 is 11.6 Å². The molecule has 0 atom stereocenters. The molecule has 20 heavy (non-hydrogen) atoms. The average Bonchev–Trinajstić information content (AvgIpc) is 2.32. The van der Waals surface area contributed by atoms with Crippen LogP contribution in [0.25, 0.3) is 0 Å². The molecule has 2 rings (SSSR count). The lowest BCUT2D eigenvalue weighted by Crippen LogP contribution is -2.18. The van der Waals surface area contributed by atoms with Gasteiger partial charge in [-0.25, -0.2) is 14.4 Å². The van der Waals surface area contributed by atoms with E-state index in [9.17, 15) is 9.18 Å². The fourth-order valence-corrected chi connectivity index (χ4v) is 2.04. The maximum atomic E-state index is 13.6. The van der Waals surface area contributed by atoms with Crippen molar-refractivity contribution in [3.8, 4) is 0 Å². The molecule has 0 unspecified atom stereocenters. The SMILES string of the molecule is Cc1cc(C)nc(NC(=O)Cc2c(F)cccc2Cl)n1. The van der Waals surface area contributed by atoms with E-state index in [1.165, 1.54) is 12.1 Å². The second kappa shape index (κ2) is 5.96. The number of nitrogens with one attached hydrogen (secondary N) is 1. The number of aromatic nitrogens is 2. The second-order valence-electron chi connectivity index (χ2n) is 4.40. The summed E-state index contributed by atoms with van der Waals surface area (Å²) >= 11 is 5.88. The normalized spacial score (nSPS) is 10.4. The smallest absolute Gasteiger partial charge is 0.231 e. The number of halogens is 2. The van der Waals surface area contributed by atoms with Crippen LogP contribution in [-0.4, -0.2) is 15.9 Å². The van der Waals surface area contributed by atoms with E-state index in [4.69, 9.17) is 11.6 Å². The molecule has 1 N–H and O–H groups in total. The predicted octanol–water partition coefficient (Wildman–Crippen LogP) is 3.07. The van der Waals surface area contributed by atoms with Crippen molar-refractivity contribution >= 4 is 23.5 Å². The van der Waals surface area contributed by atoms with E-state index in [2.05, 4.69) is 15.3 Å². The van der Waals surface area contributed by atoms with E-state index in [0.29, 0.717) is 0 Å². The van der Waals surface area contributed by atoms with Crippen molar-refractivity contribution in [3.05, 3.63) is 52.1 Å². The maximum Gasteiger partial charge on any atom is 0.231 e.